The van der Waals surface area contributed by atoms with Crippen molar-refractivity contribution in [1.29, 1.82) is 0 Å². The SMILES string of the molecule is COc1ccccc1C1CCN(c2nnc(CN)o2)CC1. The van der Waals surface area contributed by atoms with Crippen molar-refractivity contribution in [3.63, 3.8) is 0 Å². The van der Waals surface area contributed by atoms with Gasteiger partial charge in [0.25, 0.3) is 0 Å². The number of benzene rings is 1. The number of nitrogens with two attached hydrogens (primary N) is 1. The van der Waals surface area contributed by atoms with E-state index in [2.05, 4.69) is 27.2 Å². The lowest BCUT2D eigenvalue weighted by atomic mass is 9.89. The molecule has 0 radical (unpaired) electrons. The predicted octanol–water partition coefficient (Wildman–Crippen LogP) is 1.92. The Morgan fingerprint density at radius 1 is 1.29 bits per heavy atom. The molecule has 0 spiro atoms. The predicted molar refractivity (Wildman–Crippen MR) is 79.4 cm³/mol. The second-order valence-corrected chi connectivity index (χ2v) is 5.19. The summed E-state index contributed by atoms with van der Waals surface area (Å²) in [5.41, 5.74) is 6.78. The lowest BCUT2D eigenvalue weighted by molar-refractivity contribution is 0.393. The Kier molecular flexibility index (Phi) is 4.06. The fourth-order valence-corrected chi connectivity index (χ4v) is 2.84. The number of para-hydroxylation sites is 1. The van der Waals surface area contributed by atoms with Crippen LogP contribution in [0.25, 0.3) is 0 Å². The number of rotatable bonds is 4. The molecule has 2 aromatic rings. The van der Waals surface area contributed by atoms with Crippen molar-refractivity contribution in [3.8, 4) is 5.75 Å². The van der Waals surface area contributed by atoms with Crippen LogP contribution in [0.4, 0.5) is 6.01 Å². The van der Waals surface area contributed by atoms with Crippen LogP contribution < -0.4 is 15.4 Å². The number of nitrogens with zero attached hydrogens (tertiary/aromatic N) is 3. The molecule has 1 aliphatic rings. The van der Waals surface area contributed by atoms with Crippen molar-refractivity contribution < 1.29 is 9.15 Å². The maximum atomic E-state index is 5.51. The molecule has 1 aromatic heterocycles. The van der Waals surface area contributed by atoms with Crippen molar-refractivity contribution in [1.82, 2.24) is 10.2 Å². The second-order valence-electron chi connectivity index (χ2n) is 5.19. The molecule has 0 unspecified atom stereocenters. The van der Waals surface area contributed by atoms with Gasteiger partial charge in [0.1, 0.15) is 5.75 Å². The quantitative estimate of drug-likeness (QED) is 0.926. The highest BCUT2D eigenvalue weighted by atomic mass is 16.5. The first-order valence-corrected chi connectivity index (χ1v) is 7.22. The topological polar surface area (TPSA) is 77.4 Å². The van der Waals surface area contributed by atoms with Crippen LogP contribution in [0.1, 0.15) is 30.2 Å². The zero-order valence-corrected chi connectivity index (χ0v) is 12.2. The Hall–Kier alpha value is -2.08. The third-order valence-electron chi connectivity index (χ3n) is 3.98. The summed E-state index contributed by atoms with van der Waals surface area (Å²) in [4.78, 5) is 2.12. The number of methoxy groups -OCH3 is 1. The summed E-state index contributed by atoms with van der Waals surface area (Å²) < 4.78 is 11.0. The van der Waals surface area contributed by atoms with E-state index in [4.69, 9.17) is 14.9 Å². The summed E-state index contributed by atoms with van der Waals surface area (Å²) in [5.74, 6) is 1.96. The van der Waals surface area contributed by atoms with Gasteiger partial charge in [-0.3, -0.25) is 0 Å². The molecule has 2 N–H and O–H groups in total. The van der Waals surface area contributed by atoms with Crippen LogP contribution in [0.15, 0.2) is 28.7 Å². The van der Waals surface area contributed by atoms with Crippen LogP contribution >= 0.6 is 0 Å². The van der Waals surface area contributed by atoms with Crippen LogP contribution in [0.3, 0.4) is 0 Å². The van der Waals surface area contributed by atoms with E-state index >= 15 is 0 Å². The van der Waals surface area contributed by atoms with E-state index in [1.807, 2.05) is 12.1 Å². The van der Waals surface area contributed by atoms with Gasteiger partial charge in [-0.25, -0.2) is 0 Å². The molecule has 1 fully saturated rings. The van der Waals surface area contributed by atoms with E-state index < -0.39 is 0 Å². The monoisotopic (exact) mass is 288 g/mol. The van der Waals surface area contributed by atoms with Crippen molar-refractivity contribution in [3.05, 3.63) is 35.7 Å². The van der Waals surface area contributed by atoms with Crippen LogP contribution in [0.5, 0.6) is 5.75 Å². The molecule has 112 valence electrons. The van der Waals surface area contributed by atoms with E-state index in [1.165, 1.54) is 5.56 Å². The van der Waals surface area contributed by atoms with Crippen LogP contribution in [-0.2, 0) is 6.54 Å². The third-order valence-corrected chi connectivity index (χ3v) is 3.98. The smallest absolute Gasteiger partial charge is 0.318 e. The third kappa shape index (κ3) is 2.85. The molecular weight excluding hydrogens is 268 g/mol. The molecule has 0 bridgehead atoms. The maximum Gasteiger partial charge on any atom is 0.318 e. The Bertz CT molecular complexity index is 591. The highest BCUT2D eigenvalue weighted by Crippen LogP contribution is 2.34. The second kappa shape index (κ2) is 6.13. The van der Waals surface area contributed by atoms with Gasteiger partial charge in [-0.1, -0.05) is 23.3 Å². The van der Waals surface area contributed by atoms with Gasteiger partial charge in [-0.05, 0) is 30.4 Å². The zero-order chi connectivity index (χ0) is 14.7. The summed E-state index contributed by atoms with van der Waals surface area (Å²) in [6.07, 6.45) is 2.08. The molecule has 0 saturated carbocycles. The fourth-order valence-electron chi connectivity index (χ4n) is 2.84. The first kappa shape index (κ1) is 13.9. The minimum Gasteiger partial charge on any atom is -0.496 e. The van der Waals surface area contributed by atoms with E-state index in [0.29, 0.717) is 17.8 Å². The van der Waals surface area contributed by atoms with E-state index in [-0.39, 0.29) is 6.54 Å². The van der Waals surface area contributed by atoms with Crippen LogP contribution in [-0.4, -0.2) is 30.4 Å². The standard InChI is InChI=1S/C15H20N4O2/c1-20-13-5-3-2-4-12(13)11-6-8-19(9-7-11)15-18-17-14(10-16)21-15/h2-5,11H,6-10,16H2,1H3. The van der Waals surface area contributed by atoms with Gasteiger partial charge in [0.15, 0.2) is 0 Å². The van der Waals surface area contributed by atoms with Gasteiger partial charge in [-0.15, -0.1) is 5.10 Å². The molecule has 0 aliphatic carbocycles. The molecule has 6 nitrogen and oxygen atoms in total. The van der Waals surface area contributed by atoms with Crippen molar-refractivity contribution >= 4 is 6.01 Å². The fraction of sp³-hybridized carbons (Fsp3) is 0.467. The van der Waals surface area contributed by atoms with Gasteiger partial charge >= 0.3 is 6.01 Å². The molecule has 1 saturated heterocycles. The summed E-state index contributed by atoms with van der Waals surface area (Å²) >= 11 is 0. The molecule has 2 heterocycles. The number of hydrogen-bond acceptors (Lipinski definition) is 6. The zero-order valence-electron chi connectivity index (χ0n) is 12.2. The first-order chi connectivity index (χ1) is 10.3. The highest BCUT2D eigenvalue weighted by Gasteiger charge is 2.25. The van der Waals surface area contributed by atoms with Crippen molar-refractivity contribution in [2.75, 3.05) is 25.1 Å². The molecule has 6 heteroatoms. The number of ether oxygens (including phenoxy) is 1. The van der Waals surface area contributed by atoms with E-state index in [9.17, 15) is 0 Å². The summed E-state index contributed by atoms with van der Waals surface area (Å²) in [6.45, 7) is 2.08. The summed E-state index contributed by atoms with van der Waals surface area (Å²) in [7, 11) is 1.72. The Balaban J connectivity index is 1.67. The van der Waals surface area contributed by atoms with E-state index in [1.54, 1.807) is 7.11 Å². The molecule has 21 heavy (non-hydrogen) atoms. The first-order valence-electron chi connectivity index (χ1n) is 7.22. The van der Waals surface area contributed by atoms with E-state index in [0.717, 1.165) is 31.7 Å². The van der Waals surface area contributed by atoms with Crippen LogP contribution in [0.2, 0.25) is 0 Å². The minimum atomic E-state index is 0.282. The van der Waals surface area contributed by atoms with Gasteiger partial charge < -0.3 is 19.8 Å². The van der Waals surface area contributed by atoms with Crippen LogP contribution in [0, 0.1) is 0 Å². The molecule has 0 amide bonds. The van der Waals surface area contributed by atoms with Crippen molar-refractivity contribution in [2.24, 2.45) is 5.73 Å². The lowest BCUT2D eigenvalue weighted by Crippen LogP contribution is -2.33. The maximum absolute atomic E-state index is 5.51. The lowest BCUT2D eigenvalue weighted by Gasteiger charge is -2.31. The largest absolute Gasteiger partial charge is 0.496 e. The highest BCUT2D eigenvalue weighted by molar-refractivity contribution is 5.37. The van der Waals surface area contributed by atoms with Gasteiger partial charge in [0.2, 0.25) is 5.89 Å². The molecule has 3 rings (SSSR count). The number of piperidine rings is 1. The molecule has 1 aliphatic heterocycles. The Morgan fingerprint density at radius 2 is 2.05 bits per heavy atom. The Labute approximate surface area is 123 Å². The average molecular weight is 288 g/mol. The summed E-state index contributed by atoms with van der Waals surface area (Å²) in [5, 5.41) is 7.96. The normalized spacial score (nSPS) is 16.2. The van der Waals surface area contributed by atoms with Gasteiger partial charge in [0.05, 0.1) is 13.7 Å². The number of aromatic nitrogens is 2. The van der Waals surface area contributed by atoms with Gasteiger partial charge in [0, 0.05) is 13.1 Å². The molecule has 0 atom stereocenters. The molecular formula is C15H20N4O2. The number of anilines is 1. The minimum absolute atomic E-state index is 0.282. The number of hydrogen-bond donors (Lipinski definition) is 1. The Morgan fingerprint density at radius 3 is 2.71 bits per heavy atom. The molecule has 1 aromatic carbocycles. The van der Waals surface area contributed by atoms with Crippen molar-refractivity contribution in [2.45, 2.75) is 25.3 Å². The van der Waals surface area contributed by atoms with Gasteiger partial charge in [-0.2, -0.15) is 0 Å². The average Bonchev–Trinajstić information content (AvgIpc) is 3.04. The summed E-state index contributed by atoms with van der Waals surface area (Å²) in [6, 6.07) is 8.82.